The van der Waals surface area contributed by atoms with Crippen molar-refractivity contribution in [1.29, 1.82) is 0 Å². The van der Waals surface area contributed by atoms with Gasteiger partial charge in [-0.1, -0.05) is 24.3 Å². The number of aryl methyl sites for hydroxylation is 1. The average Bonchev–Trinajstić information content (AvgIpc) is 3.39. The second-order valence-corrected chi connectivity index (χ2v) is 7.90. The molecular weight excluding hydrogens is 420 g/mol. The molecule has 3 heterocycles. The summed E-state index contributed by atoms with van der Waals surface area (Å²) in [5.74, 6) is 0.208. The summed E-state index contributed by atoms with van der Waals surface area (Å²) >= 11 is 6.00. The van der Waals surface area contributed by atoms with Crippen molar-refractivity contribution < 1.29 is 23.8 Å². The Kier molecular flexibility index (Phi) is 4.78. The first kappa shape index (κ1) is 19.8. The van der Waals surface area contributed by atoms with Gasteiger partial charge >= 0.3 is 5.97 Å². The Morgan fingerprint density at radius 2 is 1.94 bits per heavy atom. The number of nitrogens with zero attached hydrogens (tertiary/aromatic N) is 2. The van der Waals surface area contributed by atoms with E-state index in [0.717, 1.165) is 27.7 Å². The topological polar surface area (TPSA) is 70.0 Å². The number of halogens is 1. The molecule has 3 aromatic rings. The molecule has 0 fully saturated rings. The number of ether oxygens (including phenoxy) is 3. The summed E-state index contributed by atoms with van der Waals surface area (Å²) in [6.07, 6.45) is 0.354. The van der Waals surface area contributed by atoms with Crippen molar-refractivity contribution >= 4 is 34.4 Å². The summed E-state index contributed by atoms with van der Waals surface area (Å²) in [6.45, 7) is 0.151. The van der Waals surface area contributed by atoms with Crippen LogP contribution in [0, 0.1) is 0 Å². The van der Waals surface area contributed by atoms with Crippen LogP contribution in [0.1, 0.15) is 22.9 Å². The highest BCUT2D eigenvalue weighted by Crippen LogP contribution is 2.45. The number of amides is 1. The second-order valence-electron chi connectivity index (χ2n) is 7.63. The predicted octanol–water partition coefficient (Wildman–Crippen LogP) is 3.16. The van der Waals surface area contributed by atoms with E-state index in [2.05, 4.69) is 4.57 Å². The summed E-state index contributed by atoms with van der Waals surface area (Å²) in [5.41, 5.74) is 3.80. The maximum absolute atomic E-state index is 13.1. The van der Waals surface area contributed by atoms with Crippen LogP contribution >= 0.6 is 11.6 Å². The Labute approximate surface area is 184 Å². The molecule has 8 heteroatoms. The maximum atomic E-state index is 13.1. The van der Waals surface area contributed by atoms with E-state index in [1.54, 1.807) is 4.90 Å². The van der Waals surface area contributed by atoms with E-state index < -0.39 is 18.1 Å². The van der Waals surface area contributed by atoms with Crippen molar-refractivity contribution in [2.45, 2.75) is 18.5 Å². The average molecular weight is 441 g/mol. The molecule has 0 spiro atoms. The zero-order chi connectivity index (χ0) is 21.7. The summed E-state index contributed by atoms with van der Waals surface area (Å²) in [7, 11) is 3.31. The number of hydrogen-bond acceptors (Lipinski definition) is 5. The van der Waals surface area contributed by atoms with Gasteiger partial charge in [0.1, 0.15) is 11.9 Å². The van der Waals surface area contributed by atoms with E-state index >= 15 is 0 Å². The van der Waals surface area contributed by atoms with Crippen molar-refractivity contribution in [2.24, 2.45) is 7.05 Å². The molecular formula is C23H21ClN2O5. The largest absolute Gasteiger partial charge is 0.467 e. The van der Waals surface area contributed by atoms with Gasteiger partial charge in [-0.15, -0.1) is 11.6 Å². The molecule has 2 aromatic carbocycles. The maximum Gasteiger partial charge on any atom is 0.328 e. The third-order valence-electron chi connectivity index (χ3n) is 6.12. The number of carbonyl (C=O) groups excluding carboxylic acids is 2. The lowest BCUT2D eigenvalue weighted by Crippen LogP contribution is -2.52. The Bertz CT molecular complexity index is 1200. The number of fused-ring (bicyclic) bond motifs is 4. The van der Waals surface area contributed by atoms with Gasteiger partial charge in [0.25, 0.3) is 0 Å². The lowest BCUT2D eigenvalue weighted by molar-refractivity contribution is -0.154. The molecule has 0 radical (unpaired) electrons. The summed E-state index contributed by atoms with van der Waals surface area (Å²) in [6, 6.07) is 12.3. The van der Waals surface area contributed by atoms with Gasteiger partial charge in [-0.2, -0.15) is 0 Å². The van der Waals surface area contributed by atoms with Crippen molar-refractivity contribution in [3.8, 4) is 11.5 Å². The zero-order valence-electron chi connectivity index (χ0n) is 17.1. The molecule has 2 atom stereocenters. The van der Waals surface area contributed by atoms with Crippen molar-refractivity contribution in [3.05, 3.63) is 59.3 Å². The second kappa shape index (κ2) is 7.50. The normalized spacial score (nSPS) is 19.4. The number of alkyl halides is 1. The van der Waals surface area contributed by atoms with Gasteiger partial charge in [-0.05, 0) is 29.3 Å². The summed E-state index contributed by atoms with van der Waals surface area (Å²) in [5, 5.41) is 1.05. The number of benzene rings is 2. The minimum Gasteiger partial charge on any atom is -0.467 e. The SMILES string of the molecule is COC(=O)[C@H]1Cc2c(n(C)c3ccccc23)[C@@H](c2ccc3c(c2)OCO3)N1C(=O)CCl. The van der Waals surface area contributed by atoms with Crippen LogP contribution in [-0.2, 0) is 27.8 Å². The fraction of sp³-hybridized carbons (Fsp3) is 0.304. The number of methoxy groups -OCH3 is 1. The summed E-state index contributed by atoms with van der Waals surface area (Å²) < 4.78 is 18.2. The van der Waals surface area contributed by atoms with Crippen molar-refractivity contribution in [3.63, 3.8) is 0 Å². The third kappa shape index (κ3) is 2.95. The molecule has 5 rings (SSSR count). The molecule has 0 bridgehead atoms. The van der Waals surface area contributed by atoms with Crippen LogP contribution in [-0.4, -0.2) is 47.2 Å². The van der Waals surface area contributed by atoms with Crippen LogP contribution in [0.3, 0.4) is 0 Å². The van der Waals surface area contributed by atoms with E-state index in [9.17, 15) is 9.59 Å². The number of rotatable bonds is 3. The van der Waals surface area contributed by atoms with Gasteiger partial charge in [0.05, 0.1) is 13.2 Å². The lowest BCUT2D eigenvalue weighted by atomic mass is 9.87. The zero-order valence-corrected chi connectivity index (χ0v) is 17.9. The van der Waals surface area contributed by atoms with Crippen LogP contribution in [0.2, 0.25) is 0 Å². The number of para-hydroxylation sites is 1. The Hall–Kier alpha value is -3.19. The Morgan fingerprint density at radius 1 is 1.16 bits per heavy atom. The van der Waals surface area contributed by atoms with Gasteiger partial charge in [0, 0.05) is 30.1 Å². The highest BCUT2D eigenvalue weighted by Gasteiger charge is 2.44. The van der Waals surface area contributed by atoms with Gasteiger partial charge in [-0.3, -0.25) is 4.79 Å². The molecule has 1 amide bonds. The Morgan fingerprint density at radius 3 is 2.71 bits per heavy atom. The van der Waals surface area contributed by atoms with Crippen LogP contribution in [0.5, 0.6) is 11.5 Å². The fourth-order valence-corrected chi connectivity index (χ4v) is 4.92. The molecule has 2 aliphatic rings. The predicted molar refractivity (Wildman–Crippen MR) is 114 cm³/mol. The number of aromatic nitrogens is 1. The molecule has 0 saturated carbocycles. The number of carbonyl (C=O) groups is 2. The van der Waals surface area contributed by atoms with Crippen LogP contribution in [0.4, 0.5) is 0 Å². The molecule has 2 aliphatic heterocycles. The smallest absolute Gasteiger partial charge is 0.328 e. The van der Waals surface area contributed by atoms with Crippen LogP contribution in [0.15, 0.2) is 42.5 Å². The van der Waals surface area contributed by atoms with Crippen molar-refractivity contribution in [2.75, 3.05) is 19.8 Å². The van der Waals surface area contributed by atoms with Gasteiger partial charge in [-0.25, -0.2) is 4.79 Å². The lowest BCUT2D eigenvalue weighted by Gasteiger charge is -2.41. The first-order valence-corrected chi connectivity index (χ1v) is 10.5. The highest BCUT2D eigenvalue weighted by atomic mass is 35.5. The van der Waals surface area contributed by atoms with Gasteiger partial charge in [0.15, 0.2) is 11.5 Å². The molecule has 160 valence electrons. The van der Waals surface area contributed by atoms with E-state index in [0.29, 0.717) is 17.9 Å². The molecule has 0 N–H and O–H groups in total. The fourth-order valence-electron chi connectivity index (χ4n) is 4.78. The van der Waals surface area contributed by atoms with Crippen LogP contribution in [0.25, 0.3) is 10.9 Å². The minimum atomic E-state index is -0.787. The van der Waals surface area contributed by atoms with E-state index in [1.165, 1.54) is 7.11 Å². The van der Waals surface area contributed by atoms with Gasteiger partial charge in [0.2, 0.25) is 12.7 Å². The summed E-state index contributed by atoms with van der Waals surface area (Å²) in [4.78, 5) is 27.4. The van der Waals surface area contributed by atoms with Crippen LogP contribution < -0.4 is 9.47 Å². The molecule has 0 saturated heterocycles. The number of hydrogen-bond donors (Lipinski definition) is 0. The first-order valence-electron chi connectivity index (χ1n) is 9.95. The molecule has 0 aliphatic carbocycles. The van der Waals surface area contributed by atoms with E-state index in [-0.39, 0.29) is 18.6 Å². The van der Waals surface area contributed by atoms with E-state index in [4.69, 9.17) is 25.8 Å². The Balaban J connectivity index is 1.79. The first-order chi connectivity index (χ1) is 15.0. The van der Waals surface area contributed by atoms with Crippen molar-refractivity contribution in [1.82, 2.24) is 9.47 Å². The molecule has 1 aromatic heterocycles. The molecule has 31 heavy (non-hydrogen) atoms. The third-order valence-corrected chi connectivity index (χ3v) is 6.35. The minimum absolute atomic E-state index is 0.151. The molecule has 0 unspecified atom stereocenters. The number of esters is 1. The standard InChI is InChI=1S/C23H21ClN2O5/c1-25-16-6-4-3-5-14(16)15-10-17(23(28)29-2)26(20(27)11-24)21(22(15)25)13-7-8-18-19(9-13)31-12-30-18/h3-9,17,21H,10-12H2,1-2H3/t17-,21-/m1/s1. The highest BCUT2D eigenvalue weighted by molar-refractivity contribution is 6.27. The van der Waals surface area contributed by atoms with E-state index in [1.807, 2.05) is 49.5 Å². The monoisotopic (exact) mass is 440 g/mol. The quantitative estimate of drug-likeness (QED) is 0.462. The van der Waals surface area contributed by atoms with Gasteiger partial charge < -0.3 is 23.7 Å². The molecule has 7 nitrogen and oxygen atoms in total.